The summed E-state index contributed by atoms with van der Waals surface area (Å²) in [5.41, 5.74) is 1.98. The first-order chi connectivity index (χ1) is 15.4. The molecule has 32 heavy (non-hydrogen) atoms. The van der Waals surface area contributed by atoms with E-state index in [1.807, 2.05) is 12.1 Å². The number of para-hydroxylation sites is 1. The van der Waals surface area contributed by atoms with Crippen molar-refractivity contribution in [1.82, 2.24) is 10.1 Å². The van der Waals surface area contributed by atoms with Gasteiger partial charge in [-0.25, -0.2) is 9.88 Å². The predicted molar refractivity (Wildman–Crippen MR) is 119 cm³/mol. The SMILES string of the molecule is CCC(=O)N1c2ccccc2-c2c([O-])nc(SC)n[n+]2C1c1cc(Cl)cc(OC)c1OC. The van der Waals surface area contributed by atoms with Crippen LogP contribution in [0.25, 0.3) is 11.3 Å². The van der Waals surface area contributed by atoms with E-state index in [1.165, 1.54) is 30.7 Å². The highest BCUT2D eigenvalue weighted by molar-refractivity contribution is 7.98. The normalized spacial score (nSPS) is 14.5. The molecule has 1 aliphatic rings. The van der Waals surface area contributed by atoms with Gasteiger partial charge in [0.1, 0.15) is 0 Å². The minimum absolute atomic E-state index is 0.154. The number of amides is 1. The molecule has 4 rings (SSSR count). The molecular formula is C22H21ClN4O4S. The summed E-state index contributed by atoms with van der Waals surface area (Å²) >= 11 is 7.65. The molecule has 0 aliphatic carbocycles. The van der Waals surface area contributed by atoms with Crippen molar-refractivity contribution in [3.63, 3.8) is 0 Å². The van der Waals surface area contributed by atoms with E-state index >= 15 is 0 Å². The Balaban J connectivity index is 2.13. The maximum Gasteiger partial charge on any atom is 0.296 e. The van der Waals surface area contributed by atoms with Crippen molar-refractivity contribution in [3.8, 4) is 28.6 Å². The zero-order valence-corrected chi connectivity index (χ0v) is 19.5. The number of hydrogen-bond acceptors (Lipinski definition) is 7. The van der Waals surface area contributed by atoms with E-state index < -0.39 is 12.0 Å². The summed E-state index contributed by atoms with van der Waals surface area (Å²) < 4.78 is 12.7. The number of thioether (sulfide) groups is 1. The molecule has 0 spiro atoms. The molecule has 2 heterocycles. The third-order valence-corrected chi connectivity index (χ3v) is 5.98. The average Bonchev–Trinajstić information content (AvgIpc) is 2.81. The van der Waals surface area contributed by atoms with Crippen LogP contribution in [-0.4, -0.2) is 36.5 Å². The molecule has 1 aromatic heterocycles. The van der Waals surface area contributed by atoms with Gasteiger partial charge in [-0.15, -0.1) is 0 Å². The number of carbonyl (C=O) groups excluding carboxylic acids is 1. The summed E-state index contributed by atoms with van der Waals surface area (Å²) in [7, 11) is 3.02. The average molecular weight is 473 g/mol. The number of benzene rings is 2. The van der Waals surface area contributed by atoms with Gasteiger partial charge in [0.15, 0.2) is 11.5 Å². The van der Waals surface area contributed by atoms with Gasteiger partial charge in [-0.05, 0) is 24.5 Å². The van der Waals surface area contributed by atoms with E-state index in [-0.39, 0.29) is 18.0 Å². The fourth-order valence-corrected chi connectivity index (χ4v) is 4.45. The molecular weight excluding hydrogens is 452 g/mol. The van der Waals surface area contributed by atoms with Crippen LogP contribution in [0.5, 0.6) is 17.4 Å². The Morgan fingerprint density at radius 2 is 2.03 bits per heavy atom. The molecule has 1 aliphatic heterocycles. The summed E-state index contributed by atoms with van der Waals surface area (Å²) in [5.74, 6) is 0.212. The van der Waals surface area contributed by atoms with Crippen LogP contribution in [0.15, 0.2) is 41.6 Å². The second-order valence-corrected chi connectivity index (χ2v) is 8.15. The fourth-order valence-electron chi connectivity index (χ4n) is 3.89. The molecule has 1 amide bonds. The van der Waals surface area contributed by atoms with E-state index in [4.69, 9.17) is 21.1 Å². The zero-order chi connectivity index (χ0) is 23.0. The van der Waals surface area contributed by atoms with Crippen molar-refractivity contribution in [2.45, 2.75) is 24.7 Å². The molecule has 0 saturated carbocycles. The maximum absolute atomic E-state index is 13.3. The van der Waals surface area contributed by atoms with Crippen LogP contribution in [0.1, 0.15) is 25.1 Å². The molecule has 1 atom stereocenters. The van der Waals surface area contributed by atoms with Crippen LogP contribution < -0.4 is 24.2 Å². The molecule has 0 N–H and O–H groups in total. The summed E-state index contributed by atoms with van der Waals surface area (Å²) in [4.78, 5) is 19.0. The second kappa shape index (κ2) is 8.84. The van der Waals surface area contributed by atoms with E-state index in [1.54, 1.807) is 42.3 Å². The Kier molecular flexibility index (Phi) is 6.12. The van der Waals surface area contributed by atoms with Crippen LogP contribution in [0.4, 0.5) is 5.69 Å². The fraction of sp³-hybridized carbons (Fsp3) is 0.273. The topological polar surface area (TPSA) is 91.5 Å². The van der Waals surface area contributed by atoms with Gasteiger partial charge >= 0.3 is 0 Å². The first-order valence-corrected chi connectivity index (χ1v) is 11.4. The lowest BCUT2D eigenvalue weighted by Crippen LogP contribution is -2.59. The predicted octanol–water partition coefficient (Wildman–Crippen LogP) is 3.20. The number of ether oxygens (including phenoxy) is 2. The number of methoxy groups -OCH3 is 2. The van der Waals surface area contributed by atoms with Crippen LogP contribution in [-0.2, 0) is 4.79 Å². The number of carbonyl (C=O) groups is 1. The Morgan fingerprint density at radius 3 is 2.69 bits per heavy atom. The first-order valence-electron chi connectivity index (χ1n) is 9.82. The molecule has 0 saturated heterocycles. The van der Waals surface area contributed by atoms with Gasteiger partial charge < -0.3 is 14.6 Å². The van der Waals surface area contributed by atoms with Gasteiger partial charge in [0.05, 0.1) is 36.9 Å². The van der Waals surface area contributed by atoms with Crippen molar-refractivity contribution in [1.29, 1.82) is 0 Å². The summed E-state index contributed by atoms with van der Waals surface area (Å²) in [6.45, 7) is 1.78. The van der Waals surface area contributed by atoms with Crippen LogP contribution >= 0.6 is 23.4 Å². The van der Waals surface area contributed by atoms with Gasteiger partial charge in [-0.2, -0.15) is 0 Å². The van der Waals surface area contributed by atoms with E-state index in [0.29, 0.717) is 38.5 Å². The number of nitrogens with zero attached hydrogens (tertiary/aromatic N) is 4. The third-order valence-electron chi connectivity index (χ3n) is 5.22. The number of hydrogen-bond donors (Lipinski definition) is 0. The molecule has 166 valence electrons. The van der Waals surface area contributed by atoms with Crippen LogP contribution in [0.3, 0.4) is 0 Å². The largest absolute Gasteiger partial charge is 0.854 e. The lowest BCUT2D eigenvalue weighted by Gasteiger charge is -2.34. The lowest BCUT2D eigenvalue weighted by molar-refractivity contribution is -0.764. The Labute approximate surface area is 194 Å². The van der Waals surface area contributed by atoms with Gasteiger partial charge in [0.25, 0.3) is 17.0 Å². The van der Waals surface area contributed by atoms with Gasteiger partial charge in [-0.1, -0.05) is 47.1 Å². The number of aromatic nitrogens is 3. The molecule has 3 aromatic rings. The van der Waals surface area contributed by atoms with E-state index in [9.17, 15) is 9.90 Å². The van der Waals surface area contributed by atoms with Crippen molar-refractivity contribution in [2.24, 2.45) is 0 Å². The van der Waals surface area contributed by atoms with Crippen LogP contribution in [0, 0.1) is 0 Å². The van der Waals surface area contributed by atoms with Gasteiger partial charge in [0.2, 0.25) is 5.91 Å². The maximum atomic E-state index is 13.3. The molecule has 10 heteroatoms. The Hall–Kier alpha value is -3.04. The third kappa shape index (κ3) is 3.51. The molecule has 8 nitrogen and oxygen atoms in total. The molecule has 2 aromatic carbocycles. The standard InChI is InChI=1S/C22H21ClN4O4S/c1-5-17(28)26-15-9-7-6-8-13(15)18-20(29)24-22(32-4)25-27(18)21(26)14-10-12(23)11-16(30-2)19(14)31-3/h6-11,21H,5H2,1-4H3. The van der Waals surface area contributed by atoms with Crippen molar-refractivity contribution in [3.05, 3.63) is 47.0 Å². The molecule has 0 bridgehead atoms. The number of fused-ring (bicyclic) bond motifs is 3. The number of anilines is 1. The monoisotopic (exact) mass is 472 g/mol. The number of rotatable bonds is 5. The highest BCUT2D eigenvalue weighted by Crippen LogP contribution is 2.45. The zero-order valence-electron chi connectivity index (χ0n) is 18.0. The smallest absolute Gasteiger partial charge is 0.296 e. The van der Waals surface area contributed by atoms with E-state index in [0.717, 1.165) is 0 Å². The lowest BCUT2D eigenvalue weighted by atomic mass is 10.00. The highest BCUT2D eigenvalue weighted by Gasteiger charge is 2.46. The first kappa shape index (κ1) is 22.2. The minimum Gasteiger partial charge on any atom is -0.854 e. The van der Waals surface area contributed by atoms with Crippen molar-refractivity contribution >= 4 is 35.0 Å². The molecule has 1 unspecified atom stereocenters. The summed E-state index contributed by atoms with van der Waals surface area (Å²) in [6, 6.07) is 10.5. The van der Waals surface area contributed by atoms with Crippen LogP contribution in [0.2, 0.25) is 5.02 Å². The molecule has 0 fully saturated rings. The Bertz CT molecular complexity index is 1210. The van der Waals surface area contributed by atoms with Gasteiger partial charge in [-0.3, -0.25) is 4.79 Å². The van der Waals surface area contributed by atoms with Crippen molar-refractivity contribution in [2.75, 3.05) is 25.4 Å². The highest BCUT2D eigenvalue weighted by atomic mass is 35.5. The molecule has 0 radical (unpaired) electrons. The second-order valence-electron chi connectivity index (χ2n) is 6.94. The number of halogens is 1. The summed E-state index contributed by atoms with van der Waals surface area (Å²) in [6.07, 6.45) is 1.19. The van der Waals surface area contributed by atoms with Gasteiger partial charge in [0, 0.05) is 22.6 Å². The van der Waals surface area contributed by atoms with E-state index in [2.05, 4.69) is 10.1 Å². The Morgan fingerprint density at radius 1 is 1.28 bits per heavy atom. The van der Waals surface area contributed by atoms with Crippen molar-refractivity contribution < 1.29 is 24.1 Å². The summed E-state index contributed by atoms with van der Waals surface area (Å²) in [5, 5.41) is 18.4. The quantitative estimate of drug-likeness (QED) is 0.416. The minimum atomic E-state index is -0.837.